The fourth-order valence-electron chi connectivity index (χ4n) is 3.05. The predicted molar refractivity (Wildman–Crippen MR) is 105 cm³/mol. The second-order valence-corrected chi connectivity index (χ2v) is 6.77. The van der Waals surface area contributed by atoms with Gasteiger partial charge in [0, 0.05) is 6.07 Å². The first-order valence-electron chi connectivity index (χ1n) is 8.57. The van der Waals surface area contributed by atoms with Gasteiger partial charge in [0.15, 0.2) is 0 Å². The van der Waals surface area contributed by atoms with Crippen molar-refractivity contribution in [1.82, 2.24) is 0 Å². The molecule has 1 aliphatic heterocycles. The van der Waals surface area contributed by atoms with Crippen LogP contribution in [-0.2, 0) is 9.59 Å². The van der Waals surface area contributed by atoms with Gasteiger partial charge >= 0.3 is 0 Å². The molecule has 0 spiro atoms. The number of fused-ring (bicyclic) bond motifs is 1. The quantitative estimate of drug-likeness (QED) is 0.847. The molecule has 0 aliphatic carbocycles. The van der Waals surface area contributed by atoms with E-state index in [1.807, 2.05) is 24.3 Å². The van der Waals surface area contributed by atoms with Crippen LogP contribution in [0, 0.1) is 0 Å². The molecule has 1 aliphatic rings. The molecule has 0 saturated carbocycles. The van der Waals surface area contributed by atoms with Crippen LogP contribution in [0.5, 0.6) is 11.5 Å². The van der Waals surface area contributed by atoms with Crippen molar-refractivity contribution in [3.05, 3.63) is 42.5 Å². The molecular weight excluding hydrogens is 346 g/mol. The van der Waals surface area contributed by atoms with Crippen LogP contribution in [0.15, 0.2) is 42.5 Å². The summed E-state index contributed by atoms with van der Waals surface area (Å²) in [5, 5.41) is 6.02. The van der Waals surface area contributed by atoms with Crippen LogP contribution in [0.1, 0.15) is 13.8 Å². The van der Waals surface area contributed by atoms with Gasteiger partial charge in [0.1, 0.15) is 23.6 Å². The van der Waals surface area contributed by atoms with Gasteiger partial charge in [-0.3, -0.25) is 14.5 Å². The third-order valence-corrected chi connectivity index (χ3v) is 4.40. The van der Waals surface area contributed by atoms with E-state index in [9.17, 15) is 9.59 Å². The van der Waals surface area contributed by atoms with Crippen LogP contribution >= 0.6 is 0 Å². The van der Waals surface area contributed by atoms with Gasteiger partial charge < -0.3 is 20.1 Å². The maximum Gasteiger partial charge on any atom is 0.252 e. The SMILES string of the molecule is COc1ccc(OC)c(NC(=O)CN2C(=O)C(C)(C)Nc3ccccc32)c1. The highest BCUT2D eigenvalue weighted by atomic mass is 16.5. The number of ether oxygens (including phenoxy) is 2. The fraction of sp³-hybridized carbons (Fsp3) is 0.300. The molecule has 0 bridgehead atoms. The van der Waals surface area contributed by atoms with E-state index in [2.05, 4.69) is 10.6 Å². The fourth-order valence-corrected chi connectivity index (χ4v) is 3.05. The maximum absolute atomic E-state index is 12.9. The number of carbonyl (C=O) groups is 2. The van der Waals surface area contributed by atoms with E-state index in [0.29, 0.717) is 22.9 Å². The zero-order chi connectivity index (χ0) is 19.6. The Hall–Kier alpha value is -3.22. The summed E-state index contributed by atoms with van der Waals surface area (Å²) < 4.78 is 10.5. The summed E-state index contributed by atoms with van der Waals surface area (Å²) in [5.74, 6) is 0.601. The minimum Gasteiger partial charge on any atom is -0.497 e. The first-order chi connectivity index (χ1) is 12.9. The van der Waals surface area contributed by atoms with Crippen molar-refractivity contribution >= 4 is 28.9 Å². The molecule has 0 atom stereocenters. The minimum absolute atomic E-state index is 0.110. The number of methoxy groups -OCH3 is 2. The summed E-state index contributed by atoms with van der Waals surface area (Å²) in [6, 6.07) is 12.6. The Morgan fingerprint density at radius 1 is 1.15 bits per heavy atom. The number of hydrogen-bond donors (Lipinski definition) is 2. The molecule has 27 heavy (non-hydrogen) atoms. The van der Waals surface area contributed by atoms with Gasteiger partial charge in [-0.15, -0.1) is 0 Å². The lowest BCUT2D eigenvalue weighted by molar-refractivity contribution is -0.124. The highest BCUT2D eigenvalue weighted by molar-refractivity contribution is 6.11. The van der Waals surface area contributed by atoms with Crippen LogP contribution < -0.4 is 25.0 Å². The summed E-state index contributed by atoms with van der Waals surface area (Å²) in [5.41, 5.74) is 1.17. The van der Waals surface area contributed by atoms with Gasteiger partial charge in [0.2, 0.25) is 5.91 Å². The number of rotatable bonds is 5. The summed E-state index contributed by atoms with van der Waals surface area (Å²) in [4.78, 5) is 27.0. The van der Waals surface area contributed by atoms with Crippen molar-refractivity contribution in [3.8, 4) is 11.5 Å². The number of anilines is 3. The largest absolute Gasteiger partial charge is 0.497 e. The first-order valence-corrected chi connectivity index (χ1v) is 8.57. The summed E-state index contributed by atoms with van der Waals surface area (Å²) in [6.07, 6.45) is 0. The van der Waals surface area contributed by atoms with E-state index in [4.69, 9.17) is 9.47 Å². The molecule has 2 aromatic rings. The van der Waals surface area contributed by atoms with Gasteiger partial charge in [-0.05, 0) is 38.1 Å². The maximum atomic E-state index is 12.9. The predicted octanol–water partition coefficient (Wildman–Crippen LogP) is 2.88. The third kappa shape index (κ3) is 3.67. The first kappa shape index (κ1) is 18.6. The van der Waals surface area contributed by atoms with E-state index < -0.39 is 5.54 Å². The van der Waals surface area contributed by atoms with E-state index in [1.54, 1.807) is 39.2 Å². The van der Waals surface area contributed by atoms with E-state index in [-0.39, 0.29) is 18.4 Å². The number of hydrogen-bond acceptors (Lipinski definition) is 5. The second kappa shape index (κ2) is 7.19. The van der Waals surface area contributed by atoms with E-state index in [0.717, 1.165) is 5.69 Å². The zero-order valence-corrected chi connectivity index (χ0v) is 15.8. The van der Waals surface area contributed by atoms with Crippen LogP contribution in [0.3, 0.4) is 0 Å². The van der Waals surface area contributed by atoms with Crippen LogP contribution in [0.2, 0.25) is 0 Å². The van der Waals surface area contributed by atoms with Gasteiger partial charge in [-0.1, -0.05) is 12.1 Å². The molecule has 1 heterocycles. The smallest absolute Gasteiger partial charge is 0.252 e. The topological polar surface area (TPSA) is 79.9 Å². The van der Waals surface area contributed by atoms with Gasteiger partial charge in [0.25, 0.3) is 5.91 Å². The lowest BCUT2D eigenvalue weighted by Crippen LogP contribution is -2.55. The van der Waals surface area contributed by atoms with Gasteiger partial charge in [-0.25, -0.2) is 0 Å². The van der Waals surface area contributed by atoms with E-state index >= 15 is 0 Å². The number of benzene rings is 2. The molecule has 2 amide bonds. The molecule has 0 radical (unpaired) electrons. The molecular formula is C20H23N3O4. The molecule has 142 valence electrons. The minimum atomic E-state index is -0.803. The van der Waals surface area contributed by atoms with Gasteiger partial charge in [-0.2, -0.15) is 0 Å². The van der Waals surface area contributed by atoms with Crippen molar-refractivity contribution in [2.45, 2.75) is 19.4 Å². The molecule has 0 fully saturated rings. The molecule has 2 N–H and O–H groups in total. The average Bonchev–Trinajstić information content (AvgIpc) is 2.65. The van der Waals surface area contributed by atoms with Crippen LogP contribution in [0.4, 0.5) is 17.1 Å². The van der Waals surface area contributed by atoms with E-state index in [1.165, 1.54) is 12.0 Å². The lowest BCUT2D eigenvalue weighted by atomic mass is 9.98. The number of amides is 2. The standard InChI is InChI=1S/C20H23N3O4/c1-20(2)19(25)23(16-8-6-5-7-14(16)22-20)12-18(24)21-15-11-13(26-3)9-10-17(15)27-4/h5-11,22H,12H2,1-4H3,(H,21,24). The van der Waals surface area contributed by atoms with Crippen LogP contribution in [-0.4, -0.2) is 38.1 Å². The molecule has 0 unspecified atom stereocenters. The second-order valence-electron chi connectivity index (χ2n) is 6.77. The van der Waals surface area contributed by atoms with Crippen LogP contribution in [0.25, 0.3) is 0 Å². The summed E-state index contributed by atoms with van der Waals surface area (Å²) in [7, 11) is 3.07. The monoisotopic (exact) mass is 369 g/mol. The highest BCUT2D eigenvalue weighted by Crippen LogP contribution is 2.35. The average molecular weight is 369 g/mol. The molecule has 2 aromatic carbocycles. The molecule has 0 aromatic heterocycles. The lowest BCUT2D eigenvalue weighted by Gasteiger charge is -2.39. The molecule has 7 nitrogen and oxygen atoms in total. The molecule has 7 heteroatoms. The highest BCUT2D eigenvalue weighted by Gasteiger charge is 2.39. The number of nitrogens with zero attached hydrogens (tertiary/aromatic N) is 1. The normalized spacial score (nSPS) is 14.8. The van der Waals surface area contributed by atoms with Crippen molar-refractivity contribution in [2.75, 3.05) is 36.3 Å². The number of para-hydroxylation sites is 2. The molecule has 3 rings (SSSR count). The Morgan fingerprint density at radius 2 is 1.89 bits per heavy atom. The summed E-state index contributed by atoms with van der Waals surface area (Å²) in [6.45, 7) is 3.48. The van der Waals surface area contributed by atoms with Gasteiger partial charge in [0.05, 0.1) is 31.3 Å². The van der Waals surface area contributed by atoms with Crippen molar-refractivity contribution in [2.24, 2.45) is 0 Å². The zero-order valence-electron chi connectivity index (χ0n) is 15.8. The number of carbonyl (C=O) groups excluding carboxylic acids is 2. The third-order valence-electron chi connectivity index (χ3n) is 4.40. The number of nitrogens with one attached hydrogen (secondary N) is 2. The van der Waals surface area contributed by atoms with Crippen molar-refractivity contribution in [3.63, 3.8) is 0 Å². The Kier molecular flexibility index (Phi) is 4.94. The van der Waals surface area contributed by atoms with Crippen molar-refractivity contribution in [1.29, 1.82) is 0 Å². The Labute approximate surface area is 158 Å². The Bertz CT molecular complexity index is 879. The molecule has 0 saturated heterocycles. The summed E-state index contributed by atoms with van der Waals surface area (Å²) >= 11 is 0. The van der Waals surface area contributed by atoms with Crippen molar-refractivity contribution < 1.29 is 19.1 Å². The Morgan fingerprint density at radius 3 is 2.59 bits per heavy atom. The Balaban J connectivity index is 1.85.